The van der Waals surface area contributed by atoms with Gasteiger partial charge in [-0.15, -0.1) is 11.3 Å². The Morgan fingerprint density at radius 1 is 0.299 bits per heavy atom. The van der Waals surface area contributed by atoms with Gasteiger partial charge < -0.3 is 4.90 Å². The second-order valence-corrected chi connectivity index (χ2v) is 19.5. The molecule has 0 saturated heterocycles. The van der Waals surface area contributed by atoms with Gasteiger partial charge >= 0.3 is 0 Å². The normalized spacial score (nSPS) is 12.7. The molecular formula is C65H45NS. The van der Waals surface area contributed by atoms with Crippen molar-refractivity contribution in [2.24, 2.45) is 0 Å². The monoisotopic (exact) mass is 871 g/mol. The molecule has 0 bridgehead atoms. The van der Waals surface area contributed by atoms with Crippen LogP contribution in [0.2, 0.25) is 0 Å². The van der Waals surface area contributed by atoms with E-state index in [0.29, 0.717) is 0 Å². The van der Waals surface area contributed by atoms with E-state index in [-0.39, 0.29) is 5.41 Å². The van der Waals surface area contributed by atoms with Crippen molar-refractivity contribution in [3.05, 3.63) is 248 Å². The second-order valence-electron chi connectivity index (χ2n) is 18.4. The van der Waals surface area contributed by atoms with Gasteiger partial charge in [-0.25, -0.2) is 0 Å². The Bertz CT molecular complexity index is 3880. The lowest BCUT2D eigenvalue weighted by atomic mass is 9.81. The molecule has 67 heavy (non-hydrogen) atoms. The molecule has 2 heteroatoms. The molecule has 0 saturated carbocycles. The summed E-state index contributed by atoms with van der Waals surface area (Å²) in [6, 6.07) is 87.8. The van der Waals surface area contributed by atoms with Crippen LogP contribution in [-0.4, -0.2) is 0 Å². The largest absolute Gasteiger partial charge is 0.309 e. The van der Waals surface area contributed by atoms with E-state index >= 15 is 0 Å². The van der Waals surface area contributed by atoms with Crippen molar-refractivity contribution < 1.29 is 0 Å². The fourth-order valence-electron chi connectivity index (χ4n) is 10.9. The van der Waals surface area contributed by atoms with E-state index in [1.807, 2.05) is 11.3 Å². The van der Waals surface area contributed by atoms with Crippen LogP contribution in [0, 0.1) is 0 Å². The van der Waals surface area contributed by atoms with Crippen LogP contribution in [0.5, 0.6) is 0 Å². The molecule has 0 fully saturated rings. The van der Waals surface area contributed by atoms with Crippen LogP contribution in [0.3, 0.4) is 0 Å². The molecule has 0 spiro atoms. The highest BCUT2D eigenvalue weighted by Crippen LogP contribution is 2.53. The number of benzene rings is 11. The van der Waals surface area contributed by atoms with Crippen LogP contribution in [0.15, 0.2) is 237 Å². The molecule has 1 heterocycles. The summed E-state index contributed by atoms with van der Waals surface area (Å²) in [4.78, 5) is 2.53. The highest BCUT2D eigenvalue weighted by Gasteiger charge is 2.36. The molecule has 0 N–H and O–H groups in total. The van der Waals surface area contributed by atoms with Crippen molar-refractivity contribution in [2.75, 3.05) is 4.90 Å². The van der Waals surface area contributed by atoms with Crippen molar-refractivity contribution in [3.8, 4) is 55.6 Å². The highest BCUT2D eigenvalue weighted by atomic mass is 32.1. The van der Waals surface area contributed by atoms with E-state index in [4.69, 9.17) is 0 Å². The molecule has 12 aromatic rings. The average Bonchev–Trinajstić information content (AvgIpc) is 3.87. The molecule has 0 aliphatic heterocycles. The Kier molecular flexibility index (Phi) is 9.13. The minimum atomic E-state index is -0.217. The summed E-state index contributed by atoms with van der Waals surface area (Å²) in [5.41, 5.74) is 18.3. The molecular weight excluding hydrogens is 827 g/mol. The van der Waals surface area contributed by atoms with E-state index in [0.717, 1.165) is 17.1 Å². The van der Waals surface area contributed by atoms with Crippen molar-refractivity contribution in [2.45, 2.75) is 19.3 Å². The number of hydrogen-bond acceptors (Lipinski definition) is 2. The fraction of sp³-hybridized carbons (Fsp3) is 0.0462. The lowest BCUT2D eigenvalue weighted by molar-refractivity contribution is 0.660. The van der Waals surface area contributed by atoms with Crippen molar-refractivity contribution in [3.63, 3.8) is 0 Å². The zero-order valence-electron chi connectivity index (χ0n) is 37.4. The molecule has 11 aromatic carbocycles. The minimum Gasteiger partial charge on any atom is -0.309 e. The van der Waals surface area contributed by atoms with Gasteiger partial charge in [0.05, 0.1) is 11.4 Å². The number of anilines is 3. The van der Waals surface area contributed by atoms with Crippen LogP contribution in [0.4, 0.5) is 17.1 Å². The Labute approximate surface area is 395 Å². The summed E-state index contributed by atoms with van der Waals surface area (Å²) in [5.74, 6) is 0. The first-order valence-electron chi connectivity index (χ1n) is 23.2. The second kappa shape index (κ2) is 15.6. The molecule has 0 amide bonds. The third-order valence-electron chi connectivity index (χ3n) is 14.3. The zero-order chi connectivity index (χ0) is 44.6. The smallest absolute Gasteiger partial charge is 0.0540 e. The molecule has 0 unspecified atom stereocenters. The average molecular weight is 872 g/mol. The molecule has 0 atom stereocenters. The molecule has 1 nitrogen and oxygen atoms in total. The van der Waals surface area contributed by atoms with Crippen molar-refractivity contribution >= 4 is 70.1 Å². The van der Waals surface area contributed by atoms with Gasteiger partial charge in [0.25, 0.3) is 0 Å². The predicted molar refractivity (Wildman–Crippen MR) is 288 cm³/mol. The summed E-state index contributed by atoms with van der Waals surface area (Å²) in [6.07, 6.45) is 0. The number of fused-ring (bicyclic) bond motifs is 8. The van der Waals surface area contributed by atoms with E-state index in [9.17, 15) is 0 Å². The molecule has 1 aliphatic rings. The minimum absolute atomic E-state index is 0.217. The number of rotatable bonds is 7. The summed E-state index contributed by atoms with van der Waals surface area (Å²) in [7, 11) is 0. The maximum atomic E-state index is 2.53. The van der Waals surface area contributed by atoms with Gasteiger partial charge in [-0.1, -0.05) is 202 Å². The van der Waals surface area contributed by atoms with E-state index in [2.05, 4.69) is 255 Å². The Hall–Kier alpha value is -8.04. The maximum absolute atomic E-state index is 2.53. The predicted octanol–water partition coefficient (Wildman–Crippen LogP) is 18.8. The Balaban J connectivity index is 1.00. The number of nitrogens with zero attached hydrogens (tertiary/aromatic N) is 1. The molecule has 1 aromatic heterocycles. The van der Waals surface area contributed by atoms with Gasteiger partial charge in [0.2, 0.25) is 0 Å². The third kappa shape index (κ3) is 6.43. The van der Waals surface area contributed by atoms with Gasteiger partial charge in [-0.2, -0.15) is 0 Å². The van der Waals surface area contributed by atoms with E-state index in [1.165, 1.54) is 108 Å². The van der Waals surface area contributed by atoms with Gasteiger partial charge in [0, 0.05) is 42.0 Å². The molecule has 0 radical (unpaired) electrons. The van der Waals surface area contributed by atoms with Crippen molar-refractivity contribution in [1.82, 2.24) is 0 Å². The topological polar surface area (TPSA) is 3.24 Å². The van der Waals surface area contributed by atoms with Crippen molar-refractivity contribution in [1.29, 1.82) is 0 Å². The number of thiophene rings is 1. The van der Waals surface area contributed by atoms with E-state index < -0.39 is 0 Å². The Morgan fingerprint density at radius 2 is 0.746 bits per heavy atom. The standard InChI is InChI=1S/C65H45NS/c1-65(2)59-40-46(43-17-7-4-8-18-43)29-32-53(59)54-33-31-48(41-60(54)65)66(61-36-34-49(51-19-9-11-21-55(51)61)45-27-25-44(26-28-45)42-15-5-3-6-16-42)62-37-35-50(52-20-10-12-22-56(52)62)47-30-38-64-58(39-47)57-23-13-14-24-63(57)67-64/h3-41H,1-2H3. The third-order valence-corrected chi connectivity index (χ3v) is 15.5. The van der Waals surface area contributed by atoms with Gasteiger partial charge in [0.15, 0.2) is 0 Å². The maximum Gasteiger partial charge on any atom is 0.0540 e. The summed E-state index contributed by atoms with van der Waals surface area (Å²) in [6.45, 7) is 4.79. The van der Waals surface area contributed by atoms with Crippen LogP contribution in [0.25, 0.3) is 97.4 Å². The van der Waals surface area contributed by atoms with Gasteiger partial charge in [-0.3, -0.25) is 0 Å². The van der Waals surface area contributed by atoms with Crippen LogP contribution in [-0.2, 0) is 5.41 Å². The first kappa shape index (κ1) is 39.3. The van der Waals surface area contributed by atoms with Crippen LogP contribution >= 0.6 is 11.3 Å². The van der Waals surface area contributed by atoms with Gasteiger partial charge in [0.1, 0.15) is 0 Å². The van der Waals surface area contributed by atoms with Gasteiger partial charge in [-0.05, 0) is 126 Å². The summed E-state index contributed by atoms with van der Waals surface area (Å²) < 4.78 is 2.64. The molecule has 1 aliphatic carbocycles. The zero-order valence-corrected chi connectivity index (χ0v) is 38.2. The Morgan fingerprint density at radius 3 is 1.40 bits per heavy atom. The SMILES string of the molecule is CC1(C)c2cc(-c3ccccc3)ccc2-c2ccc(N(c3ccc(-c4ccc(-c5ccccc5)cc4)c4ccccc34)c3ccc(-c4ccc5sc6ccccc6c5c4)c4ccccc34)cc21. The summed E-state index contributed by atoms with van der Waals surface area (Å²) >= 11 is 1.87. The first-order valence-corrected chi connectivity index (χ1v) is 24.1. The van der Waals surface area contributed by atoms with E-state index in [1.54, 1.807) is 0 Å². The van der Waals surface area contributed by atoms with Crippen LogP contribution < -0.4 is 4.90 Å². The lowest BCUT2D eigenvalue weighted by Gasteiger charge is -2.31. The molecule has 316 valence electrons. The summed E-state index contributed by atoms with van der Waals surface area (Å²) in [5, 5.41) is 7.48. The van der Waals surface area contributed by atoms with Crippen LogP contribution in [0.1, 0.15) is 25.0 Å². The quantitative estimate of drug-likeness (QED) is 0.154. The fourth-order valence-corrected chi connectivity index (χ4v) is 12.0. The highest BCUT2D eigenvalue weighted by molar-refractivity contribution is 7.25. The number of hydrogen-bond donors (Lipinski definition) is 0. The molecule has 13 rings (SSSR count). The first-order chi connectivity index (χ1) is 33.0. The lowest BCUT2D eigenvalue weighted by Crippen LogP contribution is -2.17.